The second-order valence-corrected chi connectivity index (χ2v) is 6.73. The number of nitrogens with zero attached hydrogens (tertiary/aromatic N) is 4. The van der Waals surface area contributed by atoms with Crippen molar-refractivity contribution in [1.82, 2.24) is 24.9 Å². The summed E-state index contributed by atoms with van der Waals surface area (Å²) < 4.78 is 2.99. The lowest BCUT2D eigenvalue weighted by Crippen LogP contribution is -2.40. The molecule has 1 N–H and O–H groups in total. The molecule has 0 aliphatic heterocycles. The summed E-state index contributed by atoms with van der Waals surface area (Å²) in [5.41, 5.74) is 2.46. The van der Waals surface area contributed by atoms with E-state index < -0.39 is 6.04 Å². The Kier molecular flexibility index (Phi) is 4.63. The fraction of sp³-hybridized carbons (Fsp3) is 0.368. The molecule has 0 bridgehead atoms. The topological polar surface area (TPSA) is 81.8 Å². The van der Waals surface area contributed by atoms with E-state index in [-0.39, 0.29) is 17.5 Å². The summed E-state index contributed by atoms with van der Waals surface area (Å²) >= 11 is 0. The van der Waals surface area contributed by atoms with E-state index in [0.717, 1.165) is 11.4 Å². The van der Waals surface area contributed by atoms with E-state index >= 15 is 0 Å². The van der Waals surface area contributed by atoms with Gasteiger partial charge in [0.1, 0.15) is 11.6 Å². The van der Waals surface area contributed by atoms with Crippen molar-refractivity contribution in [3.63, 3.8) is 0 Å². The van der Waals surface area contributed by atoms with Crippen LogP contribution in [0.15, 0.2) is 35.1 Å². The highest BCUT2D eigenvalue weighted by Crippen LogP contribution is 2.20. The normalized spacial score (nSPS) is 12.5. The fourth-order valence-corrected chi connectivity index (χ4v) is 2.98. The second kappa shape index (κ2) is 6.74. The Labute approximate surface area is 151 Å². The van der Waals surface area contributed by atoms with E-state index in [4.69, 9.17) is 0 Å². The molecule has 0 radical (unpaired) electrons. The van der Waals surface area contributed by atoms with Crippen molar-refractivity contribution in [1.29, 1.82) is 0 Å². The monoisotopic (exact) mass is 353 g/mol. The summed E-state index contributed by atoms with van der Waals surface area (Å²) in [5, 5.41) is 12.2. The quantitative estimate of drug-likeness (QED) is 0.780. The molecular weight excluding hydrogens is 330 g/mol. The molecule has 0 spiro atoms. The van der Waals surface area contributed by atoms with Gasteiger partial charge in [0.2, 0.25) is 5.91 Å². The summed E-state index contributed by atoms with van der Waals surface area (Å²) in [6, 6.07) is 8.92. The van der Waals surface area contributed by atoms with Crippen LogP contribution in [-0.4, -0.2) is 31.5 Å². The Balaban J connectivity index is 2.18. The third kappa shape index (κ3) is 3.00. The highest BCUT2D eigenvalue weighted by Gasteiger charge is 2.23. The number of para-hydroxylation sites is 1. The molecule has 0 saturated heterocycles. The average molecular weight is 353 g/mol. The van der Waals surface area contributed by atoms with Gasteiger partial charge in [0.05, 0.1) is 22.5 Å². The molecule has 0 aliphatic carbocycles. The van der Waals surface area contributed by atoms with Crippen molar-refractivity contribution in [2.75, 3.05) is 0 Å². The summed E-state index contributed by atoms with van der Waals surface area (Å²) in [4.78, 5) is 25.4. The van der Waals surface area contributed by atoms with Gasteiger partial charge < -0.3 is 5.32 Å². The molecule has 0 unspecified atom stereocenters. The van der Waals surface area contributed by atoms with Gasteiger partial charge in [-0.15, -0.1) is 0 Å². The van der Waals surface area contributed by atoms with E-state index in [0.29, 0.717) is 16.6 Å². The van der Waals surface area contributed by atoms with Crippen LogP contribution in [0.3, 0.4) is 0 Å². The number of carbonyl (C=O) groups excluding carboxylic acids is 1. The largest absolute Gasteiger partial charge is 0.352 e. The standard InChI is InChI=1S/C19H23N5O2/c1-11(2)20-18(25)14(5)24-19(26)16-13(4)23(15-9-7-6-8-10-15)22-17(16)12(3)21-24/h6-11,14H,1-5H3,(H,20,25)/t14-/m1/s1. The van der Waals surface area contributed by atoms with Crippen molar-refractivity contribution < 1.29 is 4.79 Å². The number of aryl methyl sites for hydroxylation is 2. The van der Waals surface area contributed by atoms with Gasteiger partial charge in [-0.05, 0) is 46.8 Å². The molecule has 7 nitrogen and oxygen atoms in total. The fourth-order valence-electron chi connectivity index (χ4n) is 2.98. The maximum Gasteiger partial charge on any atom is 0.278 e. The van der Waals surface area contributed by atoms with Crippen LogP contribution < -0.4 is 10.9 Å². The first kappa shape index (κ1) is 17.8. The number of hydrogen-bond donors (Lipinski definition) is 1. The molecule has 0 aliphatic rings. The van der Waals surface area contributed by atoms with Crippen molar-refractivity contribution in [2.24, 2.45) is 0 Å². The lowest BCUT2D eigenvalue weighted by molar-refractivity contribution is -0.124. The Bertz CT molecular complexity index is 1020. The zero-order valence-electron chi connectivity index (χ0n) is 15.6. The maximum atomic E-state index is 13.0. The number of carbonyl (C=O) groups is 1. The van der Waals surface area contributed by atoms with Gasteiger partial charge in [0.15, 0.2) is 0 Å². The van der Waals surface area contributed by atoms with Gasteiger partial charge in [0.25, 0.3) is 5.56 Å². The minimum Gasteiger partial charge on any atom is -0.352 e. The summed E-state index contributed by atoms with van der Waals surface area (Å²) in [6.45, 7) is 9.08. The highest BCUT2D eigenvalue weighted by atomic mass is 16.2. The summed E-state index contributed by atoms with van der Waals surface area (Å²) in [6.07, 6.45) is 0. The summed E-state index contributed by atoms with van der Waals surface area (Å²) in [7, 11) is 0. The van der Waals surface area contributed by atoms with E-state index in [1.54, 1.807) is 18.5 Å². The van der Waals surface area contributed by atoms with Crippen LogP contribution in [0.5, 0.6) is 0 Å². The summed E-state index contributed by atoms with van der Waals surface area (Å²) in [5.74, 6) is -0.235. The number of benzene rings is 1. The molecule has 0 saturated carbocycles. The third-order valence-corrected chi connectivity index (χ3v) is 4.32. The number of amides is 1. The van der Waals surface area contributed by atoms with E-state index in [1.165, 1.54) is 4.68 Å². The van der Waals surface area contributed by atoms with Crippen molar-refractivity contribution >= 4 is 16.8 Å². The lowest BCUT2D eigenvalue weighted by atomic mass is 10.2. The molecule has 7 heteroatoms. The number of nitrogens with one attached hydrogen (secondary N) is 1. The molecule has 2 heterocycles. The van der Waals surface area contributed by atoms with Crippen molar-refractivity contribution in [3.8, 4) is 5.69 Å². The molecule has 26 heavy (non-hydrogen) atoms. The second-order valence-electron chi connectivity index (χ2n) is 6.73. The molecule has 2 aromatic heterocycles. The van der Waals surface area contributed by atoms with E-state index in [1.807, 2.05) is 51.1 Å². The Morgan fingerprint density at radius 2 is 1.73 bits per heavy atom. The first-order valence-electron chi connectivity index (χ1n) is 8.65. The Morgan fingerprint density at radius 1 is 1.08 bits per heavy atom. The van der Waals surface area contributed by atoms with Crippen LogP contribution in [0, 0.1) is 13.8 Å². The minimum atomic E-state index is -0.701. The third-order valence-electron chi connectivity index (χ3n) is 4.32. The molecule has 0 fully saturated rings. The van der Waals surface area contributed by atoms with Gasteiger partial charge in [-0.1, -0.05) is 18.2 Å². The SMILES string of the molecule is Cc1nn([C@H](C)C(=O)NC(C)C)c(=O)c2c(C)n(-c3ccccc3)nc12. The van der Waals surface area contributed by atoms with Crippen LogP contribution in [0.2, 0.25) is 0 Å². The number of rotatable bonds is 4. The molecule has 3 aromatic rings. The van der Waals surface area contributed by atoms with Gasteiger partial charge in [-0.25, -0.2) is 9.36 Å². The number of fused-ring (bicyclic) bond motifs is 1. The van der Waals surface area contributed by atoms with Gasteiger partial charge in [-0.3, -0.25) is 9.59 Å². The van der Waals surface area contributed by atoms with Crippen LogP contribution in [0.25, 0.3) is 16.6 Å². The Hall–Kier alpha value is -2.96. The Morgan fingerprint density at radius 3 is 2.35 bits per heavy atom. The predicted molar refractivity (Wildman–Crippen MR) is 101 cm³/mol. The van der Waals surface area contributed by atoms with Gasteiger partial charge in [0, 0.05) is 6.04 Å². The van der Waals surface area contributed by atoms with Crippen LogP contribution in [0.4, 0.5) is 0 Å². The van der Waals surface area contributed by atoms with E-state index in [9.17, 15) is 9.59 Å². The van der Waals surface area contributed by atoms with Crippen LogP contribution >= 0.6 is 0 Å². The van der Waals surface area contributed by atoms with Crippen molar-refractivity contribution in [3.05, 3.63) is 52.1 Å². The minimum absolute atomic E-state index is 0.00644. The number of hydrogen-bond acceptors (Lipinski definition) is 4. The molecule has 1 amide bonds. The molecular formula is C19H23N5O2. The molecule has 3 rings (SSSR count). The maximum absolute atomic E-state index is 13.0. The lowest BCUT2D eigenvalue weighted by Gasteiger charge is -2.16. The smallest absolute Gasteiger partial charge is 0.278 e. The molecule has 1 atom stereocenters. The van der Waals surface area contributed by atoms with Gasteiger partial charge >= 0.3 is 0 Å². The predicted octanol–water partition coefficient (Wildman–Crippen LogP) is 2.28. The zero-order chi connectivity index (χ0) is 19.0. The number of aromatic nitrogens is 4. The first-order valence-corrected chi connectivity index (χ1v) is 8.65. The molecule has 1 aromatic carbocycles. The molecule has 136 valence electrons. The zero-order valence-corrected chi connectivity index (χ0v) is 15.6. The highest BCUT2D eigenvalue weighted by molar-refractivity contribution is 5.84. The van der Waals surface area contributed by atoms with E-state index in [2.05, 4.69) is 15.5 Å². The van der Waals surface area contributed by atoms with Crippen LogP contribution in [-0.2, 0) is 4.79 Å². The van der Waals surface area contributed by atoms with Crippen LogP contribution in [0.1, 0.15) is 38.2 Å². The average Bonchev–Trinajstić information content (AvgIpc) is 2.96. The first-order chi connectivity index (χ1) is 12.3. The van der Waals surface area contributed by atoms with Gasteiger partial charge in [-0.2, -0.15) is 10.2 Å². The van der Waals surface area contributed by atoms with Crippen molar-refractivity contribution in [2.45, 2.75) is 46.7 Å².